The molecule has 0 atom stereocenters. The fourth-order valence-electron chi connectivity index (χ4n) is 3.23. The van der Waals surface area contributed by atoms with E-state index in [-0.39, 0.29) is 12.1 Å². The van der Waals surface area contributed by atoms with Gasteiger partial charge in [-0.05, 0) is 58.7 Å². The van der Waals surface area contributed by atoms with Crippen LogP contribution >= 0.6 is 15.9 Å². The lowest BCUT2D eigenvalue weighted by Gasteiger charge is -2.33. The average molecular weight is 424 g/mol. The molecule has 0 radical (unpaired) electrons. The first-order valence-corrected chi connectivity index (χ1v) is 9.86. The SMILES string of the molecule is CCOc1nn(C2CCN(C(=O)OC(C)(C)C)CC2)c2ccc(Br)cc12. The number of fused-ring (bicyclic) bond motifs is 1. The third-order valence-electron chi connectivity index (χ3n) is 4.38. The predicted octanol–water partition coefficient (Wildman–Crippen LogP) is 4.77. The van der Waals surface area contributed by atoms with Crippen molar-refractivity contribution in [3.63, 3.8) is 0 Å². The van der Waals surface area contributed by atoms with Crippen LogP contribution in [0.1, 0.15) is 46.6 Å². The molecule has 0 spiro atoms. The summed E-state index contributed by atoms with van der Waals surface area (Å²) in [5, 5.41) is 5.72. The van der Waals surface area contributed by atoms with Gasteiger partial charge in [0.2, 0.25) is 5.88 Å². The molecule has 142 valence electrons. The minimum absolute atomic E-state index is 0.236. The minimum atomic E-state index is -0.466. The summed E-state index contributed by atoms with van der Waals surface area (Å²) in [6.45, 7) is 9.55. The summed E-state index contributed by atoms with van der Waals surface area (Å²) in [6.07, 6.45) is 1.45. The number of carbonyl (C=O) groups excluding carboxylic acids is 1. The van der Waals surface area contributed by atoms with Crippen LogP contribution in [0.4, 0.5) is 4.79 Å². The van der Waals surface area contributed by atoms with Crippen molar-refractivity contribution in [2.45, 2.75) is 52.2 Å². The third kappa shape index (κ3) is 4.14. The smallest absolute Gasteiger partial charge is 0.410 e. The number of nitrogens with zero attached hydrogens (tertiary/aromatic N) is 3. The Morgan fingerprint density at radius 2 is 2.00 bits per heavy atom. The minimum Gasteiger partial charge on any atom is -0.476 e. The van der Waals surface area contributed by atoms with Crippen LogP contribution in [0.25, 0.3) is 10.9 Å². The predicted molar refractivity (Wildman–Crippen MR) is 105 cm³/mol. The lowest BCUT2D eigenvalue weighted by molar-refractivity contribution is 0.0185. The second-order valence-corrected chi connectivity index (χ2v) is 8.46. The number of rotatable bonds is 3. The first-order valence-electron chi connectivity index (χ1n) is 9.07. The maximum absolute atomic E-state index is 12.3. The van der Waals surface area contributed by atoms with Gasteiger partial charge in [-0.1, -0.05) is 15.9 Å². The van der Waals surface area contributed by atoms with Gasteiger partial charge in [0.25, 0.3) is 0 Å². The van der Waals surface area contributed by atoms with E-state index < -0.39 is 5.60 Å². The fourth-order valence-corrected chi connectivity index (χ4v) is 3.59. The Labute approximate surface area is 162 Å². The highest BCUT2D eigenvalue weighted by atomic mass is 79.9. The summed E-state index contributed by atoms with van der Waals surface area (Å²) in [6, 6.07) is 6.37. The topological polar surface area (TPSA) is 56.6 Å². The van der Waals surface area contributed by atoms with Crippen molar-refractivity contribution in [3.05, 3.63) is 22.7 Å². The van der Waals surface area contributed by atoms with Gasteiger partial charge < -0.3 is 14.4 Å². The van der Waals surface area contributed by atoms with Crippen LogP contribution in [0.5, 0.6) is 5.88 Å². The lowest BCUT2D eigenvalue weighted by atomic mass is 10.1. The van der Waals surface area contributed by atoms with Gasteiger partial charge in [0.1, 0.15) is 5.60 Å². The second-order valence-electron chi connectivity index (χ2n) is 7.54. The molecular formula is C19H26BrN3O3. The number of hydrogen-bond donors (Lipinski definition) is 0. The maximum Gasteiger partial charge on any atom is 0.410 e. The largest absolute Gasteiger partial charge is 0.476 e. The molecule has 7 heteroatoms. The molecule has 1 amide bonds. The summed E-state index contributed by atoms with van der Waals surface area (Å²) in [5.74, 6) is 0.665. The average Bonchev–Trinajstić information content (AvgIpc) is 2.92. The number of benzene rings is 1. The van der Waals surface area contributed by atoms with Gasteiger partial charge in [-0.3, -0.25) is 4.68 Å². The molecule has 1 saturated heterocycles. The van der Waals surface area contributed by atoms with Crippen molar-refractivity contribution < 1.29 is 14.3 Å². The molecule has 6 nitrogen and oxygen atoms in total. The molecule has 1 aromatic carbocycles. The molecule has 1 aromatic heterocycles. The Bertz CT molecular complexity index is 789. The summed E-state index contributed by atoms with van der Waals surface area (Å²) in [5.41, 5.74) is 0.596. The molecule has 2 heterocycles. The van der Waals surface area contributed by atoms with Gasteiger partial charge in [0, 0.05) is 17.6 Å². The quantitative estimate of drug-likeness (QED) is 0.713. The van der Waals surface area contributed by atoms with Crippen LogP contribution in [-0.2, 0) is 4.74 Å². The Morgan fingerprint density at radius 1 is 1.31 bits per heavy atom. The zero-order valence-corrected chi connectivity index (χ0v) is 17.4. The van der Waals surface area contributed by atoms with Gasteiger partial charge in [0.05, 0.1) is 23.6 Å². The number of halogens is 1. The summed E-state index contributed by atoms with van der Waals surface area (Å²) >= 11 is 3.52. The van der Waals surface area contributed by atoms with Gasteiger partial charge >= 0.3 is 6.09 Å². The van der Waals surface area contributed by atoms with E-state index in [0.717, 1.165) is 28.2 Å². The van der Waals surface area contributed by atoms with Crippen LogP contribution in [0, 0.1) is 0 Å². The zero-order chi connectivity index (χ0) is 18.9. The van der Waals surface area contributed by atoms with Gasteiger partial charge in [-0.2, -0.15) is 0 Å². The standard InChI is InChI=1S/C19H26BrN3O3/c1-5-25-17-15-12-13(20)6-7-16(15)23(21-17)14-8-10-22(11-9-14)18(24)26-19(2,3)4/h6-7,12,14H,5,8-11H2,1-4H3. The number of piperidine rings is 1. The number of ether oxygens (including phenoxy) is 2. The van der Waals surface area contributed by atoms with Crippen molar-refractivity contribution in [2.24, 2.45) is 0 Å². The second kappa shape index (κ2) is 7.47. The Hall–Kier alpha value is -1.76. The summed E-state index contributed by atoms with van der Waals surface area (Å²) in [4.78, 5) is 14.0. The highest BCUT2D eigenvalue weighted by Gasteiger charge is 2.29. The molecule has 3 rings (SSSR count). The molecule has 1 aliphatic heterocycles. The van der Waals surface area contributed by atoms with E-state index in [2.05, 4.69) is 26.7 Å². The van der Waals surface area contributed by atoms with Crippen molar-refractivity contribution in [2.75, 3.05) is 19.7 Å². The van der Waals surface area contributed by atoms with E-state index >= 15 is 0 Å². The molecule has 2 aromatic rings. The fraction of sp³-hybridized carbons (Fsp3) is 0.579. The number of carbonyl (C=O) groups is 1. The van der Waals surface area contributed by atoms with E-state index in [9.17, 15) is 4.79 Å². The van der Waals surface area contributed by atoms with E-state index in [1.165, 1.54) is 0 Å². The van der Waals surface area contributed by atoms with Crippen molar-refractivity contribution >= 4 is 32.9 Å². The number of hydrogen-bond acceptors (Lipinski definition) is 4. The van der Waals surface area contributed by atoms with E-state index in [1.54, 1.807) is 4.90 Å². The Balaban J connectivity index is 1.76. The molecule has 26 heavy (non-hydrogen) atoms. The number of aromatic nitrogens is 2. The highest BCUT2D eigenvalue weighted by molar-refractivity contribution is 9.10. The molecule has 0 unspecified atom stereocenters. The number of amides is 1. The van der Waals surface area contributed by atoms with E-state index in [1.807, 2.05) is 39.8 Å². The van der Waals surface area contributed by atoms with Crippen LogP contribution in [-0.4, -0.2) is 46.1 Å². The van der Waals surface area contributed by atoms with Crippen LogP contribution in [0.3, 0.4) is 0 Å². The van der Waals surface area contributed by atoms with Crippen molar-refractivity contribution in [1.82, 2.24) is 14.7 Å². The zero-order valence-electron chi connectivity index (χ0n) is 15.8. The molecule has 1 fully saturated rings. The van der Waals surface area contributed by atoms with Crippen LogP contribution in [0.2, 0.25) is 0 Å². The molecule has 0 aliphatic carbocycles. The van der Waals surface area contributed by atoms with Crippen molar-refractivity contribution in [3.8, 4) is 5.88 Å². The summed E-state index contributed by atoms with van der Waals surface area (Å²) < 4.78 is 14.3. The first-order chi connectivity index (χ1) is 12.3. The third-order valence-corrected chi connectivity index (χ3v) is 4.87. The summed E-state index contributed by atoms with van der Waals surface area (Å²) in [7, 11) is 0. The Morgan fingerprint density at radius 3 is 2.62 bits per heavy atom. The monoisotopic (exact) mass is 423 g/mol. The lowest BCUT2D eigenvalue weighted by Crippen LogP contribution is -2.42. The normalized spacial score (nSPS) is 16.1. The maximum atomic E-state index is 12.3. The Kier molecular flexibility index (Phi) is 5.46. The van der Waals surface area contributed by atoms with Gasteiger partial charge in [0.15, 0.2) is 0 Å². The van der Waals surface area contributed by atoms with Crippen molar-refractivity contribution in [1.29, 1.82) is 0 Å². The van der Waals surface area contributed by atoms with Crippen LogP contribution < -0.4 is 4.74 Å². The van der Waals surface area contributed by atoms with Crippen LogP contribution in [0.15, 0.2) is 22.7 Å². The highest BCUT2D eigenvalue weighted by Crippen LogP contribution is 2.33. The van der Waals surface area contributed by atoms with Gasteiger partial charge in [-0.25, -0.2) is 4.79 Å². The van der Waals surface area contributed by atoms with Gasteiger partial charge in [-0.15, -0.1) is 5.10 Å². The van der Waals surface area contributed by atoms with E-state index in [0.29, 0.717) is 25.6 Å². The number of likely N-dealkylation sites (tertiary alicyclic amines) is 1. The molecule has 1 aliphatic rings. The molecule has 0 bridgehead atoms. The molecule has 0 saturated carbocycles. The molecular weight excluding hydrogens is 398 g/mol. The van der Waals surface area contributed by atoms with E-state index in [4.69, 9.17) is 14.6 Å². The first kappa shape index (κ1) is 19.0. The molecule has 0 N–H and O–H groups in total.